The smallest absolute Gasteiger partial charge is 0.143 e. The molecule has 55 heavy (non-hydrogen) atoms. The van der Waals surface area contributed by atoms with Crippen LogP contribution in [-0.2, 0) is 0 Å². The van der Waals surface area contributed by atoms with E-state index in [0.29, 0.717) is 0 Å². The van der Waals surface area contributed by atoms with Crippen LogP contribution in [0.3, 0.4) is 0 Å². The zero-order chi connectivity index (χ0) is 36.3. The number of nitrogens with zero attached hydrogens (tertiary/aromatic N) is 1. The second-order valence-electron chi connectivity index (χ2n) is 14.1. The van der Waals surface area contributed by atoms with E-state index in [2.05, 4.69) is 181 Å². The summed E-state index contributed by atoms with van der Waals surface area (Å²) in [4.78, 5) is 2.37. The highest BCUT2D eigenvalue weighted by Gasteiger charge is 2.21. The molecule has 3 nitrogen and oxygen atoms in total. The Labute approximate surface area is 317 Å². The van der Waals surface area contributed by atoms with Crippen LogP contribution in [0, 0.1) is 0 Å². The molecule has 0 aliphatic carbocycles. The fourth-order valence-corrected chi connectivity index (χ4v) is 8.18. The fraction of sp³-hybridized carbons (Fsp3) is 0. The average molecular weight is 704 g/mol. The van der Waals surface area contributed by atoms with Crippen molar-refractivity contribution >= 4 is 71.7 Å². The van der Waals surface area contributed by atoms with E-state index in [1.54, 1.807) is 0 Å². The topological polar surface area (TPSA) is 29.5 Å². The van der Waals surface area contributed by atoms with Crippen molar-refractivity contribution < 1.29 is 8.83 Å². The Morgan fingerprint density at radius 2 is 0.909 bits per heavy atom. The van der Waals surface area contributed by atoms with Crippen molar-refractivity contribution in [2.45, 2.75) is 0 Å². The van der Waals surface area contributed by atoms with Crippen molar-refractivity contribution in [1.29, 1.82) is 0 Å². The summed E-state index contributed by atoms with van der Waals surface area (Å²) in [5.41, 5.74) is 13.5. The summed E-state index contributed by atoms with van der Waals surface area (Å²) in [6, 6.07) is 71.1. The first kappa shape index (κ1) is 31.2. The van der Waals surface area contributed by atoms with Gasteiger partial charge in [0, 0.05) is 44.0 Å². The standard InChI is InChI=1S/C52H33NO2/c1-2-12-36-31-38(24-23-34(36)11-1)35-25-28-40(29-26-35)53(41-14-9-13-37(32-41)39-27-30-51-47(33-39)44-17-5-7-21-49(44)54-51)48-20-6-3-15-42(48)45-18-10-19-46-43-16-4-8-22-50(43)55-52(45)46/h1-33H. The minimum atomic E-state index is 0.886. The van der Waals surface area contributed by atoms with Crippen molar-refractivity contribution in [3.8, 4) is 33.4 Å². The third-order valence-corrected chi connectivity index (χ3v) is 10.9. The summed E-state index contributed by atoms with van der Waals surface area (Å²) < 4.78 is 12.8. The molecule has 11 rings (SSSR count). The molecule has 11 aromatic rings. The molecule has 0 spiro atoms. The highest BCUT2D eigenvalue weighted by molar-refractivity contribution is 6.11. The Kier molecular flexibility index (Phi) is 7.17. The Morgan fingerprint density at radius 3 is 1.78 bits per heavy atom. The second kappa shape index (κ2) is 12.6. The molecule has 3 heteroatoms. The van der Waals surface area contributed by atoms with E-state index in [-0.39, 0.29) is 0 Å². The number of fused-ring (bicyclic) bond motifs is 7. The molecular weight excluding hydrogens is 671 g/mol. The minimum Gasteiger partial charge on any atom is -0.456 e. The lowest BCUT2D eigenvalue weighted by molar-refractivity contribution is 0.669. The van der Waals surface area contributed by atoms with Crippen LogP contribution in [-0.4, -0.2) is 0 Å². The van der Waals surface area contributed by atoms with Crippen molar-refractivity contribution in [3.05, 3.63) is 200 Å². The van der Waals surface area contributed by atoms with Gasteiger partial charge in [0.2, 0.25) is 0 Å². The normalized spacial score (nSPS) is 11.6. The van der Waals surface area contributed by atoms with Crippen LogP contribution >= 0.6 is 0 Å². The Hall–Kier alpha value is -7.36. The molecule has 0 aliphatic rings. The maximum Gasteiger partial charge on any atom is 0.143 e. The number of furan rings is 2. The van der Waals surface area contributed by atoms with Gasteiger partial charge in [-0.2, -0.15) is 0 Å². The van der Waals surface area contributed by atoms with Crippen LogP contribution in [0.5, 0.6) is 0 Å². The van der Waals surface area contributed by atoms with Crippen LogP contribution in [0.25, 0.3) is 88.0 Å². The molecule has 0 bridgehead atoms. The van der Waals surface area contributed by atoms with Gasteiger partial charge in [0.15, 0.2) is 0 Å². The zero-order valence-electron chi connectivity index (χ0n) is 29.8. The zero-order valence-corrected chi connectivity index (χ0v) is 29.8. The van der Waals surface area contributed by atoms with E-state index in [1.807, 2.05) is 24.3 Å². The molecular formula is C52H33NO2. The first-order chi connectivity index (χ1) is 27.2. The third kappa shape index (κ3) is 5.28. The third-order valence-electron chi connectivity index (χ3n) is 10.9. The van der Waals surface area contributed by atoms with Crippen molar-refractivity contribution in [2.75, 3.05) is 4.90 Å². The lowest BCUT2D eigenvalue weighted by atomic mass is 9.98. The maximum absolute atomic E-state index is 6.59. The Balaban J connectivity index is 1.08. The molecule has 258 valence electrons. The number of hydrogen-bond acceptors (Lipinski definition) is 3. The van der Waals surface area contributed by atoms with E-state index in [0.717, 1.165) is 83.2 Å². The number of para-hydroxylation sites is 4. The minimum absolute atomic E-state index is 0.886. The molecule has 0 atom stereocenters. The quantitative estimate of drug-likeness (QED) is 0.173. The molecule has 2 heterocycles. The molecule has 2 aromatic heterocycles. The van der Waals surface area contributed by atoms with Gasteiger partial charge in [-0.25, -0.2) is 0 Å². The predicted molar refractivity (Wildman–Crippen MR) is 229 cm³/mol. The first-order valence-corrected chi connectivity index (χ1v) is 18.7. The van der Waals surface area contributed by atoms with Crippen LogP contribution < -0.4 is 4.90 Å². The summed E-state index contributed by atoms with van der Waals surface area (Å²) in [7, 11) is 0. The van der Waals surface area contributed by atoms with E-state index < -0.39 is 0 Å². The van der Waals surface area contributed by atoms with E-state index >= 15 is 0 Å². The number of anilines is 3. The number of hydrogen-bond donors (Lipinski definition) is 0. The van der Waals surface area contributed by atoms with Crippen molar-refractivity contribution in [2.24, 2.45) is 0 Å². The van der Waals surface area contributed by atoms with Crippen LogP contribution in [0.4, 0.5) is 17.1 Å². The highest BCUT2D eigenvalue weighted by atomic mass is 16.3. The van der Waals surface area contributed by atoms with Crippen LogP contribution in [0.2, 0.25) is 0 Å². The van der Waals surface area contributed by atoms with Gasteiger partial charge in [-0.3, -0.25) is 0 Å². The molecule has 0 radical (unpaired) electrons. The molecule has 0 N–H and O–H groups in total. The highest BCUT2D eigenvalue weighted by Crippen LogP contribution is 2.45. The van der Waals surface area contributed by atoms with E-state index in [4.69, 9.17) is 8.83 Å². The first-order valence-electron chi connectivity index (χ1n) is 18.7. The maximum atomic E-state index is 6.59. The van der Waals surface area contributed by atoms with Gasteiger partial charge in [-0.1, -0.05) is 140 Å². The van der Waals surface area contributed by atoms with E-state index in [1.165, 1.54) is 21.9 Å². The second-order valence-corrected chi connectivity index (χ2v) is 14.1. The van der Waals surface area contributed by atoms with Gasteiger partial charge in [0.1, 0.15) is 22.3 Å². The van der Waals surface area contributed by atoms with Crippen LogP contribution in [0.15, 0.2) is 209 Å². The molecule has 0 unspecified atom stereocenters. The van der Waals surface area contributed by atoms with Crippen molar-refractivity contribution in [3.63, 3.8) is 0 Å². The monoisotopic (exact) mass is 703 g/mol. The van der Waals surface area contributed by atoms with Gasteiger partial charge >= 0.3 is 0 Å². The fourth-order valence-electron chi connectivity index (χ4n) is 8.18. The number of benzene rings is 9. The van der Waals surface area contributed by atoms with E-state index in [9.17, 15) is 0 Å². The molecule has 0 amide bonds. The van der Waals surface area contributed by atoms with Gasteiger partial charge in [-0.05, 0) is 93.7 Å². The lowest BCUT2D eigenvalue weighted by Gasteiger charge is -2.28. The SMILES string of the molecule is c1cc(-c2ccc3oc4ccccc4c3c2)cc(N(c2ccc(-c3ccc4ccccc4c3)cc2)c2ccccc2-c2cccc3c2oc2ccccc23)c1. The van der Waals surface area contributed by atoms with Crippen molar-refractivity contribution in [1.82, 2.24) is 0 Å². The van der Waals surface area contributed by atoms with Gasteiger partial charge in [0.25, 0.3) is 0 Å². The van der Waals surface area contributed by atoms with Gasteiger partial charge in [0.05, 0.1) is 5.69 Å². The predicted octanol–water partition coefficient (Wildman–Crippen LogP) is 15.1. The number of rotatable bonds is 6. The van der Waals surface area contributed by atoms with Gasteiger partial charge in [-0.15, -0.1) is 0 Å². The van der Waals surface area contributed by atoms with Gasteiger partial charge < -0.3 is 13.7 Å². The molecule has 9 aromatic carbocycles. The molecule has 0 fully saturated rings. The summed E-state index contributed by atoms with van der Waals surface area (Å²) in [6.45, 7) is 0. The average Bonchev–Trinajstić information content (AvgIpc) is 3.83. The summed E-state index contributed by atoms with van der Waals surface area (Å²) in [5, 5.41) is 6.94. The Bertz CT molecular complexity index is 3220. The summed E-state index contributed by atoms with van der Waals surface area (Å²) in [6.07, 6.45) is 0. The largest absolute Gasteiger partial charge is 0.456 e. The molecule has 0 aliphatic heterocycles. The lowest BCUT2D eigenvalue weighted by Crippen LogP contribution is -2.11. The molecule has 0 saturated carbocycles. The van der Waals surface area contributed by atoms with Crippen LogP contribution in [0.1, 0.15) is 0 Å². The summed E-state index contributed by atoms with van der Waals surface area (Å²) in [5.74, 6) is 0. The molecule has 0 saturated heterocycles. The Morgan fingerprint density at radius 1 is 0.309 bits per heavy atom. The summed E-state index contributed by atoms with van der Waals surface area (Å²) >= 11 is 0.